The SMILES string of the molecule is CC(C)SC(=S)N(C)N. The third-order valence-corrected chi connectivity index (χ3v) is 2.16. The summed E-state index contributed by atoms with van der Waals surface area (Å²) in [4.78, 5) is 0. The van der Waals surface area contributed by atoms with Gasteiger partial charge in [0.25, 0.3) is 0 Å². The predicted molar refractivity (Wildman–Crippen MR) is 47.3 cm³/mol. The molecule has 0 aliphatic rings. The first-order valence-electron chi connectivity index (χ1n) is 2.73. The minimum Gasteiger partial charge on any atom is -0.299 e. The lowest BCUT2D eigenvalue weighted by Gasteiger charge is -2.13. The van der Waals surface area contributed by atoms with Crippen LogP contribution in [0.3, 0.4) is 0 Å². The molecule has 2 nitrogen and oxygen atoms in total. The van der Waals surface area contributed by atoms with Gasteiger partial charge < -0.3 is 0 Å². The Morgan fingerprint density at radius 2 is 2.11 bits per heavy atom. The van der Waals surface area contributed by atoms with Crippen LogP contribution in [-0.4, -0.2) is 21.6 Å². The van der Waals surface area contributed by atoms with Crippen LogP contribution in [-0.2, 0) is 0 Å². The zero-order chi connectivity index (χ0) is 7.44. The normalized spacial score (nSPS) is 9.89. The number of nitrogens with zero attached hydrogens (tertiary/aromatic N) is 1. The number of hydrogen-bond donors (Lipinski definition) is 1. The molecular formula is C5H12N2S2. The van der Waals surface area contributed by atoms with Crippen LogP contribution in [0.25, 0.3) is 0 Å². The second-order valence-corrected chi connectivity index (χ2v) is 4.25. The highest BCUT2D eigenvalue weighted by Gasteiger charge is 2.01. The Balaban J connectivity index is 3.51. The maximum Gasteiger partial charge on any atom is 0.150 e. The molecule has 0 aliphatic carbocycles. The van der Waals surface area contributed by atoms with Gasteiger partial charge in [-0.05, 0) is 0 Å². The molecular weight excluding hydrogens is 152 g/mol. The summed E-state index contributed by atoms with van der Waals surface area (Å²) in [5, 5.41) is 1.98. The molecule has 54 valence electrons. The molecule has 9 heavy (non-hydrogen) atoms. The Labute approximate surface area is 65.8 Å². The predicted octanol–water partition coefficient (Wildman–Crippen LogP) is 1.22. The minimum atomic E-state index is 0.517. The highest BCUT2D eigenvalue weighted by Crippen LogP contribution is 2.11. The summed E-state index contributed by atoms with van der Waals surface area (Å²) in [6.45, 7) is 4.17. The van der Waals surface area contributed by atoms with E-state index in [4.69, 9.17) is 18.1 Å². The molecule has 2 N–H and O–H groups in total. The van der Waals surface area contributed by atoms with Gasteiger partial charge >= 0.3 is 0 Å². The van der Waals surface area contributed by atoms with Crippen molar-refractivity contribution < 1.29 is 0 Å². The Kier molecular flexibility index (Phi) is 4.18. The van der Waals surface area contributed by atoms with E-state index in [9.17, 15) is 0 Å². The van der Waals surface area contributed by atoms with Gasteiger partial charge in [-0.2, -0.15) is 0 Å². The van der Waals surface area contributed by atoms with Crippen LogP contribution in [0.5, 0.6) is 0 Å². The van der Waals surface area contributed by atoms with Gasteiger partial charge in [0, 0.05) is 12.3 Å². The molecule has 0 aromatic carbocycles. The first-order valence-corrected chi connectivity index (χ1v) is 4.02. The second-order valence-electron chi connectivity index (χ2n) is 2.04. The summed E-state index contributed by atoms with van der Waals surface area (Å²) in [5.74, 6) is 5.36. The number of thiocarbonyl (C=S) groups is 1. The Morgan fingerprint density at radius 3 is 2.22 bits per heavy atom. The van der Waals surface area contributed by atoms with E-state index in [0.717, 1.165) is 4.32 Å². The molecule has 0 heterocycles. The molecule has 0 saturated heterocycles. The van der Waals surface area contributed by atoms with E-state index in [1.165, 1.54) is 5.01 Å². The fourth-order valence-corrected chi connectivity index (χ4v) is 1.43. The van der Waals surface area contributed by atoms with Gasteiger partial charge in [-0.25, -0.2) is 5.84 Å². The Bertz CT molecular complexity index is 101. The zero-order valence-corrected chi connectivity index (χ0v) is 7.55. The summed E-state index contributed by atoms with van der Waals surface area (Å²) in [6.07, 6.45) is 0. The molecule has 0 fully saturated rings. The molecule has 0 spiro atoms. The lowest BCUT2D eigenvalue weighted by atomic mass is 10.6. The van der Waals surface area contributed by atoms with Gasteiger partial charge in [0.15, 0.2) is 0 Å². The quantitative estimate of drug-likeness (QED) is 0.358. The molecule has 0 atom stereocenters. The zero-order valence-electron chi connectivity index (χ0n) is 5.92. The molecule has 0 aromatic heterocycles. The average molecular weight is 164 g/mol. The minimum absolute atomic E-state index is 0.517. The summed E-state index contributed by atoms with van der Waals surface area (Å²) in [5.41, 5.74) is 0. The van der Waals surface area contributed by atoms with Crippen LogP contribution in [0.2, 0.25) is 0 Å². The van der Waals surface area contributed by atoms with Gasteiger partial charge in [-0.1, -0.05) is 37.8 Å². The van der Waals surface area contributed by atoms with Crippen LogP contribution >= 0.6 is 24.0 Å². The third kappa shape index (κ3) is 4.69. The molecule has 0 aromatic rings. The fraction of sp³-hybridized carbons (Fsp3) is 0.800. The molecule has 0 radical (unpaired) electrons. The molecule has 0 rings (SSSR count). The molecule has 0 saturated carbocycles. The van der Waals surface area contributed by atoms with Gasteiger partial charge in [0.05, 0.1) is 0 Å². The highest BCUT2D eigenvalue weighted by molar-refractivity contribution is 8.23. The van der Waals surface area contributed by atoms with Gasteiger partial charge in [0.2, 0.25) is 0 Å². The summed E-state index contributed by atoms with van der Waals surface area (Å²) in [6, 6.07) is 0. The van der Waals surface area contributed by atoms with E-state index >= 15 is 0 Å². The first kappa shape index (κ1) is 9.20. The molecule has 0 aliphatic heterocycles. The smallest absolute Gasteiger partial charge is 0.150 e. The Morgan fingerprint density at radius 1 is 1.67 bits per heavy atom. The van der Waals surface area contributed by atoms with E-state index in [0.29, 0.717) is 5.25 Å². The van der Waals surface area contributed by atoms with Crippen molar-refractivity contribution in [3.63, 3.8) is 0 Å². The number of rotatable bonds is 1. The number of thioether (sulfide) groups is 1. The monoisotopic (exact) mass is 164 g/mol. The van der Waals surface area contributed by atoms with Crippen LogP contribution < -0.4 is 5.84 Å². The van der Waals surface area contributed by atoms with Crippen molar-refractivity contribution in [1.29, 1.82) is 0 Å². The van der Waals surface area contributed by atoms with Crippen molar-refractivity contribution in [3.05, 3.63) is 0 Å². The second kappa shape index (κ2) is 4.09. The van der Waals surface area contributed by atoms with Crippen molar-refractivity contribution >= 4 is 28.3 Å². The molecule has 0 amide bonds. The van der Waals surface area contributed by atoms with Crippen molar-refractivity contribution in [1.82, 2.24) is 5.01 Å². The van der Waals surface area contributed by atoms with Crippen LogP contribution in [0.1, 0.15) is 13.8 Å². The van der Waals surface area contributed by atoms with E-state index in [1.54, 1.807) is 18.8 Å². The lowest BCUT2D eigenvalue weighted by Crippen LogP contribution is -2.30. The van der Waals surface area contributed by atoms with Gasteiger partial charge in [0.1, 0.15) is 4.32 Å². The van der Waals surface area contributed by atoms with E-state index in [2.05, 4.69) is 13.8 Å². The van der Waals surface area contributed by atoms with Crippen LogP contribution in [0, 0.1) is 0 Å². The average Bonchev–Trinajstić information content (AvgIpc) is 1.63. The maximum atomic E-state index is 5.36. The largest absolute Gasteiger partial charge is 0.299 e. The summed E-state index contributed by atoms with van der Waals surface area (Å²) < 4.78 is 0.741. The summed E-state index contributed by atoms with van der Waals surface area (Å²) >= 11 is 6.51. The molecule has 0 bridgehead atoms. The van der Waals surface area contributed by atoms with Crippen molar-refractivity contribution in [2.45, 2.75) is 19.1 Å². The lowest BCUT2D eigenvalue weighted by molar-refractivity contribution is 0.559. The third-order valence-electron chi connectivity index (χ3n) is 0.625. The Hall–Kier alpha value is 0.200. The fourth-order valence-electron chi connectivity index (χ4n) is 0.285. The van der Waals surface area contributed by atoms with E-state index < -0.39 is 0 Å². The topological polar surface area (TPSA) is 29.3 Å². The number of nitrogens with two attached hydrogens (primary N) is 1. The molecule has 0 unspecified atom stereocenters. The number of hydrogen-bond acceptors (Lipinski definition) is 3. The van der Waals surface area contributed by atoms with Crippen LogP contribution in [0.4, 0.5) is 0 Å². The van der Waals surface area contributed by atoms with Crippen molar-refractivity contribution in [2.75, 3.05) is 7.05 Å². The maximum absolute atomic E-state index is 5.36. The van der Waals surface area contributed by atoms with Crippen LogP contribution in [0.15, 0.2) is 0 Å². The van der Waals surface area contributed by atoms with Crippen molar-refractivity contribution in [2.24, 2.45) is 5.84 Å². The number of hydrazine groups is 1. The highest BCUT2D eigenvalue weighted by atomic mass is 32.2. The van der Waals surface area contributed by atoms with Gasteiger partial charge in [-0.3, -0.25) is 5.01 Å². The van der Waals surface area contributed by atoms with Crippen molar-refractivity contribution in [3.8, 4) is 0 Å². The van der Waals surface area contributed by atoms with Gasteiger partial charge in [-0.15, -0.1) is 0 Å². The molecule has 4 heteroatoms. The first-order chi connectivity index (χ1) is 4.04. The summed E-state index contributed by atoms with van der Waals surface area (Å²) in [7, 11) is 1.75. The van der Waals surface area contributed by atoms with E-state index in [1.807, 2.05) is 0 Å². The standard InChI is InChI=1S/C5H12N2S2/c1-4(2)9-5(8)7(3)6/h4H,6H2,1-3H3. The van der Waals surface area contributed by atoms with E-state index in [-0.39, 0.29) is 0 Å².